The molecule has 1 aromatic heterocycles. The molecule has 3 aromatic rings. The van der Waals surface area contributed by atoms with Gasteiger partial charge in [0.15, 0.2) is 5.82 Å². The lowest BCUT2D eigenvalue weighted by Gasteiger charge is -2.33. The van der Waals surface area contributed by atoms with Crippen molar-refractivity contribution in [2.75, 3.05) is 17.9 Å². The van der Waals surface area contributed by atoms with E-state index in [1.54, 1.807) is 19.2 Å². The molecule has 2 heterocycles. The number of carbonyl (C=O) groups is 1. The number of carbonyl (C=O) groups excluding carboxylic acids is 1. The Hall–Kier alpha value is -3.07. The number of thioether (sulfide) groups is 1. The van der Waals surface area contributed by atoms with Crippen molar-refractivity contribution in [3.63, 3.8) is 0 Å². The summed E-state index contributed by atoms with van der Waals surface area (Å²) in [5.41, 5.74) is 4.89. The number of anilines is 1. The van der Waals surface area contributed by atoms with Crippen molar-refractivity contribution in [2.24, 2.45) is 0 Å². The van der Waals surface area contributed by atoms with E-state index < -0.39 is 5.25 Å². The summed E-state index contributed by atoms with van der Waals surface area (Å²) in [6.45, 7) is 2.08. The number of halogens is 1. The number of hydrogen-bond donors (Lipinski definition) is 2. The van der Waals surface area contributed by atoms with Gasteiger partial charge < -0.3 is 15.5 Å². The van der Waals surface area contributed by atoms with Crippen molar-refractivity contribution in [1.82, 2.24) is 14.9 Å². The molecule has 30 heavy (non-hydrogen) atoms. The average molecular weight is 428 g/mol. The summed E-state index contributed by atoms with van der Waals surface area (Å²) >= 11 is 1.36. The van der Waals surface area contributed by atoms with Gasteiger partial charge in [0, 0.05) is 12.1 Å². The molecule has 0 saturated carbocycles. The number of nitrogens with zero attached hydrogens (tertiary/aromatic N) is 3. The van der Waals surface area contributed by atoms with Gasteiger partial charge in [-0.05, 0) is 48.4 Å². The van der Waals surface area contributed by atoms with Crippen LogP contribution in [0.1, 0.15) is 30.8 Å². The maximum atomic E-state index is 13.2. The molecule has 9 heteroatoms. The van der Waals surface area contributed by atoms with E-state index in [9.17, 15) is 9.18 Å². The fourth-order valence-corrected chi connectivity index (χ4v) is 4.39. The van der Waals surface area contributed by atoms with E-state index in [2.05, 4.69) is 27.9 Å². The molecule has 1 aliphatic heterocycles. The van der Waals surface area contributed by atoms with Gasteiger partial charge >= 0.3 is 0 Å². The summed E-state index contributed by atoms with van der Waals surface area (Å²) in [7, 11) is 1.61. The maximum absolute atomic E-state index is 13.2. The fourth-order valence-electron chi connectivity index (χ4n) is 3.29. The second-order valence-corrected chi connectivity index (χ2v) is 8.01. The number of aromatic nitrogens is 3. The van der Waals surface area contributed by atoms with Crippen molar-refractivity contribution < 1.29 is 13.9 Å². The quantitative estimate of drug-likeness (QED) is 0.623. The van der Waals surface area contributed by atoms with Crippen molar-refractivity contribution >= 4 is 23.4 Å². The Morgan fingerprint density at radius 2 is 1.93 bits per heavy atom. The Kier molecular flexibility index (Phi) is 5.89. The topological polar surface area (TPSA) is 81.1 Å². The van der Waals surface area contributed by atoms with Gasteiger partial charge in [-0.1, -0.05) is 30.8 Å². The molecular weight excluding hydrogens is 405 g/mol. The summed E-state index contributed by atoms with van der Waals surface area (Å²) in [5.74, 6) is 1.02. The zero-order valence-corrected chi connectivity index (χ0v) is 17.4. The molecule has 1 amide bonds. The van der Waals surface area contributed by atoms with Crippen molar-refractivity contribution in [3.8, 4) is 5.75 Å². The first kappa shape index (κ1) is 20.2. The highest BCUT2D eigenvalue weighted by molar-refractivity contribution is 8.00. The van der Waals surface area contributed by atoms with E-state index in [1.165, 1.54) is 23.9 Å². The molecule has 2 atom stereocenters. The molecule has 2 N–H and O–H groups in total. The lowest BCUT2D eigenvalue weighted by molar-refractivity contribution is -0.116. The third kappa shape index (κ3) is 4.11. The van der Waals surface area contributed by atoms with Gasteiger partial charge in [0.25, 0.3) is 0 Å². The monoisotopic (exact) mass is 427 g/mol. The van der Waals surface area contributed by atoms with Crippen LogP contribution in [0, 0.1) is 5.82 Å². The van der Waals surface area contributed by atoms with Crippen LogP contribution in [-0.4, -0.2) is 33.1 Å². The van der Waals surface area contributed by atoms with Crippen LogP contribution in [-0.2, 0) is 11.2 Å². The molecule has 2 unspecified atom stereocenters. The Balaban J connectivity index is 1.65. The van der Waals surface area contributed by atoms with Gasteiger partial charge in [-0.25, -0.2) is 9.07 Å². The number of methoxy groups -OCH3 is 1. The second kappa shape index (κ2) is 8.74. The van der Waals surface area contributed by atoms with Crippen LogP contribution in [0.2, 0.25) is 0 Å². The first-order valence-electron chi connectivity index (χ1n) is 9.67. The SMILES string of the molecule is CCCc1nnc2n1NC(c1ccc(OC)cc1)C(C(=O)Nc1ccc(F)cc1)S2. The van der Waals surface area contributed by atoms with Gasteiger partial charge in [0.1, 0.15) is 16.8 Å². The molecule has 2 aromatic carbocycles. The van der Waals surface area contributed by atoms with Crippen LogP contribution < -0.4 is 15.5 Å². The summed E-state index contributed by atoms with van der Waals surface area (Å²) in [4.78, 5) is 13.2. The van der Waals surface area contributed by atoms with E-state index >= 15 is 0 Å². The number of nitrogens with one attached hydrogen (secondary N) is 2. The minimum atomic E-state index is -0.505. The molecule has 0 radical (unpaired) electrons. The summed E-state index contributed by atoms with van der Waals surface area (Å²) in [6, 6.07) is 13.0. The predicted octanol–water partition coefficient (Wildman–Crippen LogP) is 3.78. The lowest BCUT2D eigenvalue weighted by Crippen LogP contribution is -2.41. The average Bonchev–Trinajstić information content (AvgIpc) is 3.16. The molecule has 156 valence electrons. The first-order valence-corrected chi connectivity index (χ1v) is 10.5. The Labute approximate surface area is 178 Å². The maximum Gasteiger partial charge on any atom is 0.240 e. The normalized spacial score (nSPS) is 17.7. The number of rotatable bonds is 6. The van der Waals surface area contributed by atoms with E-state index in [-0.39, 0.29) is 17.8 Å². The fraction of sp³-hybridized carbons (Fsp3) is 0.286. The zero-order valence-electron chi connectivity index (χ0n) is 16.6. The second-order valence-electron chi connectivity index (χ2n) is 6.90. The number of amides is 1. The minimum absolute atomic E-state index is 0.203. The largest absolute Gasteiger partial charge is 0.497 e. The minimum Gasteiger partial charge on any atom is -0.497 e. The summed E-state index contributed by atoms with van der Waals surface area (Å²) in [6.07, 6.45) is 1.72. The standard InChI is InChI=1S/C21H22FN5O2S/c1-3-4-17-24-25-21-27(17)26-18(13-5-11-16(29-2)12-6-13)19(30-21)20(28)23-15-9-7-14(22)8-10-15/h5-12,18-19,26H,3-4H2,1-2H3,(H,23,28). The van der Waals surface area contributed by atoms with Gasteiger partial charge in [0.05, 0.1) is 13.2 Å². The highest BCUT2D eigenvalue weighted by Gasteiger charge is 2.37. The van der Waals surface area contributed by atoms with Crippen molar-refractivity contribution in [1.29, 1.82) is 0 Å². The number of fused-ring (bicyclic) bond motifs is 1. The van der Waals surface area contributed by atoms with E-state index in [0.717, 1.165) is 30.0 Å². The Morgan fingerprint density at radius 1 is 1.20 bits per heavy atom. The summed E-state index contributed by atoms with van der Waals surface area (Å²) < 4.78 is 20.3. The third-order valence-electron chi connectivity index (χ3n) is 4.82. The zero-order chi connectivity index (χ0) is 21.1. The predicted molar refractivity (Wildman–Crippen MR) is 114 cm³/mol. The molecule has 1 aliphatic rings. The van der Waals surface area contributed by atoms with Gasteiger partial charge in [-0.15, -0.1) is 10.2 Å². The highest BCUT2D eigenvalue weighted by atomic mass is 32.2. The molecule has 0 bridgehead atoms. The lowest BCUT2D eigenvalue weighted by atomic mass is 10.0. The third-order valence-corrected chi connectivity index (χ3v) is 6.04. The van der Waals surface area contributed by atoms with E-state index in [1.807, 2.05) is 28.9 Å². The Morgan fingerprint density at radius 3 is 2.60 bits per heavy atom. The molecule has 7 nitrogen and oxygen atoms in total. The Bertz CT molecular complexity index is 1020. The van der Waals surface area contributed by atoms with Crippen LogP contribution in [0.5, 0.6) is 5.75 Å². The van der Waals surface area contributed by atoms with Crippen LogP contribution >= 0.6 is 11.8 Å². The first-order chi connectivity index (χ1) is 14.6. The van der Waals surface area contributed by atoms with Crippen molar-refractivity contribution in [3.05, 3.63) is 65.7 Å². The molecular formula is C21H22FN5O2S. The number of hydrogen-bond acceptors (Lipinski definition) is 6. The molecule has 4 rings (SSSR count). The van der Waals surface area contributed by atoms with Crippen LogP contribution in [0.25, 0.3) is 0 Å². The van der Waals surface area contributed by atoms with Crippen LogP contribution in [0.3, 0.4) is 0 Å². The number of ether oxygens (including phenoxy) is 1. The number of benzene rings is 2. The molecule has 0 aliphatic carbocycles. The highest BCUT2D eigenvalue weighted by Crippen LogP contribution is 2.38. The molecule has 0 saturated heterocycles. The summed E-state index contributed by atoms with van der Waals surface area (Å²) in [5, 5.41) is 11.5. The van der Waals surface area contributed by atoms with Gasteiger partial charge in [0.2, 0.25) is 11.1 Å². The van der Waals surface area contributed by atoms with Crippen LogP contribution in [0.15, 0.2) is 53.7 Å². The number of aryl methyl sites for hydroxylation is 1. The molecule has 0 spiro atoms. The van der Waals surface area contributed by atoms with E-state index in [4.69, 9.17) is 4.74 Å². The van der Waals surface area contributed by atoms with Crippen LogP contribution in [0.4, 0.5) is 10.1 Å². The van der Waals surface area contributed by atoms with Gasteiger partial charge in [-0.2, -0.15) is 0 Å². The van der Waals surface area contributed by atoms with E-state index in [0.29, 0.717) is 10.8 Å². The van der Waals surface area contributed by atoms with Crippen molar-refractivity contribution in [2.45, 2.75) is 36.2 Å². The molecule has 0 fully saturated rings. The smallest absolute Gasteiger partial charge is 0.240 e. The van der Waals surface area contributed by atoms with Gasteiger partial charge in [-0.3, -0.25) is 4.79 Å².